The van der Waals surface area contributed by atoms with Crippen LogP contribution in [-0.4, -0.2) is 54.9 Å². The number of carbonyl (C=O) groups excluding carboxylic acids is 1. The fourth-order valence-corrected chi connectivity index (χ4v) is 4.21. The molecule has 2 aromatic rings. The van der Waals surface area contributed by atoms with Crippen molar-refractivity contribution in [3.63, 3.8) is 0 Å². The molecule has 154 valence electrons. The van der Waals surface area contributed by atoms with Crippen LogP contribution in [0.3, 0.4) is 0 Å². The Bertz CT molecular complexity index is 863. The summed E-state index contributed by atoms with van der Waals surface area (Å²) in [4.78, 5) is 16.7. The van der Waals surface area contributed by atoms with Gasteiger partial charge in [0, 0.05) is 19.6 Å². The van der Waals surface area contributed by atoms with Crippen molar-refractivity contribution >= 4 is 6.09 Å². The van der Waals surface area contributed by atoms with E-state index in [0.29, 0.717) is 38.9 Å². The summed E-state index contributed by atoms with van der Waals surface area (Å²) in [6.07, 6.45) is 0.904. The Morgan fingerprint density at radius 1 is 1.10 bits per heavy atom. The molecular formula is C23H26F2N2O2. The van der Waals surface area contributed by atoms with Crippen molar-refractivity contribution in [2.75, 3.05) is 33.3 Å². The molecule has 4 rings (SSSR count). The molecule has 6 heteroatoms. The summed E-state index contributed by atoms with van der Waals surface area (Å²) in [5, 5.41) is 0. The van der Waals surface area contributed by atoms with Crippen LogP contribution in [0.1, 0.15) is 35.6 Å². The third kappa shape index (κ3) is 4.27. The maximum Gasteiger partial charge on any atom is 0.410 e. The molecule has 1 saturated heterocycles. The second kappa shape index (κ2) is 8.11. The highest BCUT2D eigenvalue weighted by Crippen LogP contribution is 2.36. The average Bonchev–Trinajstić information content (AvgIpc) is 2.74. The summed E-state index contributed by atoms with van der Waals surface area (Å²) in [5.74, 6) is -0.325. The van der Waals surface area contributed by atoms with Crippen LogP contribution in [0.4, 0.5) is 13.6 Å². The van der Waals surface area contributed by atoms with Gasteiger partial charge in [0.1, 0.15) is 18.1 Å². The van der Waals surface area contributed by atoms with E-state index in [1.54, 1.807) is 17.0 Å². The Kier molecular flexibility index (Phi) is 5.54. The molecular weight excluding hydrogens is 374 g/mol. The van der Waals surface area contributed by atoms with Crippen LogP contribution >= 0.6 is 0 Å². The van der Waals surface area contributed by atoms with E-state index in [1.807, 2.05) is 31.3 Å². The average molecular weight is 400 g/mol. The number of benzene rings is 2. The lowest BCUT2D eigenvalue weighted by molar-refractivity contribution is -0.00768. The van der Waals surface area contributed by atoms with E-state index in [1.165, 1.54) is 12.1 Å². The van der Waals surface area contributed by atoms with Crippen LogP contribution in [0, 0.1) is 5.82 Å². The molecule has 4 nitrogen and oxygen atoms in total. The SMILES string of the molecule is CN1CCC(F)(COC(=O)N2CCc3ccccc3[C@@H]2c2ccc(F)cc2)CC1. The normalized spacial score (nSPS) is 21.5. The summed E-state index contributed by atoms with van der Waals surface area (Å²) in [7, 11) is 1.96. The lowest BCUT2D eigenvalue weighted by atomic mass is 9.88. The van der Waals surface area contributed by atoms with Crippen LogP contribution in [0.5, 0.6) is 0 Å². The van der Waals surface area contributed by atoms with Crippen LogP contribution in [-0.2, 0) is 11.2 Å². The molecule has 2 aromatic carbocycles. The van der Waals surface area contributed by atoms with Crippen LogP contribution in [0.25, 0.3) is 0 Å². The summed E-state index contributed by atoms with van der Waals surface area (Å²) < 4.78 is 33.9. The van der Waals surface area contributed by atoms with E-state index >= 15 is 4.39 Å². The Morgan fingerprint density at radius 3 is 2.52 bits per heavy atom. The van der Waals surface area contributed by atoms with Gasteiger partial charge in [-0.05, 0) is 55.1 Å². The number of rotatable bonds is 3. The highest BCUT2D eigenvalue weighted by molar-refractivity contribution is 5.70. The van der Waals surface area contributed by atoms with Crippen molar-refractivity contribution in [2.24, 2.45) is 0 Å². The van der Waals surface area contributed by atoms with Crippen molar-refractivity contribution in [1.29, 1.82) is 0 Å². The van der Waals surface area contributed by atoms with Gasteiger partial charge in [-0.3, -0.25) is 4.90 Å². The molecule has 2 aliphatic rings. The summed E-state index contributed by atoms with van der Waals surface area (Å²) in [5.41, 5.74) is 1.49. The van der Waals surface area contributed by atoms with E-state index in [2.05, 4.69) is 4.90 Å². The number of carbonyl (C=O) groups is 1. The van der Waals surface area contributed by atoms with Crippen molar-refractivity contribution in [3.05, 3.63) is 71.0 Å². The van der Waals surface area contributed by atoms with Gasteiger partial charge in [-0.2, -0.15) is 0 Å². The van der Waals surface area contributed by atoms with E-state index in [-0.39, 0.29) is 18.5 Å². The van der Waals surface area contributed by atoms with E-state index in [4.69, 9.17) is 4.74 Å². The third-order valence-corrected chi connectivity index (χ3v) is 6.04. The monoisotopic (exact) mass is 400 g/mol. The molecule has 0 N–H and O–H groups in total. The van der Waals surface area contributed by atoms with E-state index in [0.717, 1.165) is 16.7 Å². The minimum absolute atomic E-state index is 0.228. The number of hydrogen-bond acceptors (Lipinski definition) is 3. The molecule has 0 unspecified atom stereocenters. The van der Waals surface area contributed by atoms with Gasteiger partial charge in [0.15, 0.2) is 0 Å². The highest BCUT2D eigenvalue weighted by Gasteiger charge is 2.38. The first-order valence-electron chi connectivity index (χ1n) is 10.1. The zero-order valence-electron chi connectivity index (χ0n) is 16.6. The number of ether oxygens (including phenoxy) is 1. The number of likely N-dealkylation sites (tertiary alicyclic amines) is 1. The molecule has 1 amide bonds. The smallest absolute Gasteiger partial charge is 0.410 e. The van der Waals surface area contributed by atoms with Gasteiger partial charge in [-0.1, -0.05) is 36.4 Å². The lowest BCUT2D eigenvalue weighted by Crippen LogP contribution is -2.46. The number of alkyl halides is 1. The zero-order valence-corrected chi connectivity index (χ0v) is 16.6. The molecule has 0 saturated carbocycles. The third-order valence-electron chi connectivity index (χ3n) is 6.04. The Morgan fingerprint density at radius 2 is 1.79 bits per heavy atom. The van der Waals surface area contributed by atoms with Gasteiger partial charge in [0.05, 0.1) is 6.04 Å². The first kappa shape index (κ1) is 19.8. The quantitative estimate of drug-likeness (QED) is 0.768. The standard InChI is InChI=1S/C23H26F2N2O2/c1-26-14-11-23(25,12-15-26)16-29-22(28)27-13-10-17-4-2-3-5-20(17)21(27)18-6-8-19(24)9-7-18/h2-9,21H,10-16H2,1H3/t21-/m0/s1. The second-order valence-corrected chi connectivity index (χ2v) is 8.11. The maximum absolute atomic E-state index is 15.0. The fourth-order valence-electron chi connectivity index (χ4n) is 4.21. The zero-order chi connectivity index (χ0) is 20.4. The summed E-state index contributed by atoms with van der Waals surface area (Å²) in [6.45, 7) is 1.56. The molecule has 29 heavy (non-hydrogen) atoms. The van der Waals surface area contributed by atoms with Gasteiger partial charge in [-0.15, -0.1) is 0 Å². The van der Waals surface area contributed by atoms with Gasteiger partial charge >= 0.3 is 6.09 Å². The van der Waals surface area contributed by atoms with Crippen molar-refractivity contribution in [3.8, 4) is 0 Å². The Balaban J connectivity index is 1.55. The maximum atomic E-state index is 15.0. The van der Waals surface area contributed by atoms with Gasteiger partial charge in [0.25, 0.3) is 0 Å². The number of nitrogens with zero attached hydrogens (tertiary/aromatic N) is 2. The number of amides is 1. The topological polar surface area (TPSA) is 32.8 Å². The highest BCUT2D eigenvalue weighted by atomic mass is 19.1. The second-order valence-electron chi connectivity index (χ2n) is 8.11. The van der Waals surface area contributed by atoms with Gasteiger partial charge in [0.2, 0.25) is 0 Å². The fraction of sp³-hybridized carbons (Fsp3) is 0.435. The predicted molar refractivity (Wildman–Crippen MR) is 107 cm³/mol. The molecule has 0 aliphatic carbocycles. The van der Waals surface area contributed by atoms with Crippen molar-refractivity contribution in [2.45, 2.75) is 31.0 Å². The Labute approximate surface area is 170 Å². The molecule has 2 heterocycles. The number of piperidine rings is 1. The minimum Gasteiger partial charge on any atom is -0.446 e. The van der Waals surface area contributed by atoms with E-state index in [9.17, 15) is 9.18 Å². The Hall–Kier alpha value is -2.47. The van der Waals surface area contributed by atoms with Crippen LogP contribution in [0.15, 0.2) is 48.5 Å². The van der Waals surface area contributed by atoms with E-state index < -0.39 is 11.8 Å². The molecule has 0 spiro atoms. The summed E-state index contributed by atoms with van der Waals surface area (Å²) >= 11 is 0. The van der Waals surface area contributed by atoms with Crippen molar-refractivity contribution in [1.82, 2.24) is 9.80 Å². The predicted octanol–water partition coefficient (Wildman–Crippen LogP) is 4.34. The minimum atomic E-state index is -1.47. The first-order chi connectivity index (χ1) is 14.0. The molecule has 1 fully saturated rings. The molecule has 0 bridgehead atoms. The number of hydrogen-bond donors (Lipinski definition) is 0. The van der Waals surface area contributed by atoms with Crippen LogP contribution < -0.4 is 0 Å². The molecule has 1 atom stereocenters. The first-order valence-corrected chi connectivity index (χ1v) is 10.1. The summed E-state index contributed by atoms with van der Waals surface area (Å²) in [6, 6.07) is 13.7. The number of halogens is 2. The van der Waals surface area contributed by atoms with Gasteiger partial charge < -0.3 is 9.64 Å². The molecule has 0 aromatic heterocycles. The number of fused-ring (bicyclic) bond motifs is 1. The lowest BCUT2D eigenvalue weighted by Gasteiger charge is -2.38. The van der Waals surface area contributed by atoms with Crippen molar-refractivity contribution < 1.29 is 18.3 Å². The largest absolute Gasteiger partial charge is 0.446 e. The molecule has 2 aliphatic heterocycles. The molecule has 0 radical (unpaired) electrons. The van der Waals surface area contributed by atoms with Crippen LogP contribution in [0.2, 0.25) is 0 Å². The van der Waals surface area contributed by atoms with Gasteiger partial charge in [-0.25, -0.2) is 13.6 Å².